The second-order valence-electron chi connectivity index (χ2n) is 6.13. The Labute approximate surface area is 104 Å². The van der Waals surface area contributed by atoms with Gasteiger partial charge in [-0.3, -0.25) is 9.80 Å². The summed E-state index contributed by atoms with van der Waals surface area (Å²) < 4.78 is 0. The van der Waals surface area contributed by atoms with Gasteiger partial charge in [-0.15, -0.1) is 0 Å². The maximum Gasteiger partial charge on any atom is 0.0923 e. The van der Waals surface area contributed by atoms with Crippen LogP contribution in [0.15, 0.2) is 0 Å². The standard InChI is InChI=1S/C13H25N3O/c14-9-13(17,11-1-2-11)10-15-5-7-16(8-6-15)12-3-4-12/h11-12,17H,1-10,14H2. The molecule has 0 aromatic heterocycles. The van der Waals surface area contributed by atoms with Crippen LogP contribution in [0.1, 0.15) is 25.7 Å². The van der Waals surface area contributed by atoms with Gasteiger partial charge in [-0.05, 0) is 31.6 Å². The number of rotatable bonds is 5. The first kappa shape index (κ1) is 11.9. The molecule has 3 N–H and O–H groups in total. The molecule has 1 saturated heterocycles. The van der Waals surface area contributed by atoms with Crippen LogP contribution < -0.4 is 5.73 Å². The Morgan fingerprint density at radius 2 is 1.71 bits per heavy atom. The molecule has 3 fully saturated rings. The van der Waals surface area contributed by atoms with Crippen LogP contribution in [0.25, 0.3) is 0 Å². The fourth-order valence-electron chi connectivity index (χ4n) is 3.09. The predicted molar refractivity (Wildman–Crippen MR) is 67.8 cm³/mol. The van der Waals surface area contributed by atoms with E-state index in [9.17, 15) is 5.11 Å². The quantitative estimate of drug-likeness (QED) is 0.701. The average molecular weight is 239 g/mol. The SMILES string of the molecule is NCC(O)(CN1CCN(C2CC2)CC1)C1CC1. The zero-order chi connectivity index (χ0) is 11.9. The van der Waals surface area contributed by atoms with Crippen molar-refractivity contribution in [3.63, 3.8) is 0 Å². The Kier molecular flexibility index (Phi) is 3.15. The summed E-state index contributed by atoms with van der Waals surface area (Å²) >= 11 is 0. The van der Waals surface area contributed by atoms with E-state index < -0.39 is 5.60 Å². The zero-order valence-corrected chi connectivity index (χ0v) is 10.6. The Morgan fingerprint density at radius 3 is 2.18 bits per heavy atom. The summed E-state index contributed by atoms with van der Waals surface area (Å²) in [7, 11) is 0. The van der Waals surface area contributed by atoms with Crippen molar-refractivity contribution >= 4 is 0 Å². The van der Waals surface area contributed by atoms with Crippen molar-refractivity contribution in [1.82, 2.24) is 9.80 Å². The van der Waals surface area contributed by atoms with Gasteiger partial charge in [0.05, 0.1) is 5.60 Å². The normalized spacial score (nSPS) is 31.4. The summed E-state index contributed by atoms with van der Waals surface area (Å²) in [6.45, 7) is 5.76. The van der Waals surface area contributed by atoms with E-state index in [2.05, 4.69) is 9.80 Å². The molecular formula is C13H25N3O. The Morgan fingerprint density at radius 1 is 1.06 bits per heavy atom. The molecule has 0 aromatic carbocycles. The van der Waals surface area contributed by atoms with E-state index >= 15 is 0 Å². The molecule has 4 nitrogen and oxygen atoms in total. The highest BCUT2D eigenvalue weighted by Crippen LogP contribution is 2.39. The van der Waals surface area contributed by atoms with Crippen LogP contribution in [0.3, 0.4) is 0 Å². The van der Waals surface area contributed by atoms with Crippen molar-refractivity contribution in [2.75, 3.05) is 39.3 Å². The van der Waals surface area contributed by atoms with Crippen LogP contribution in [-0.4, -0.2) is 65.8 Å². The predicted octanol–water partition coefficient (Wildman–Crippen LogP) is -0.134. The first-order valence-corrected chi connectivity index (χ1v) is 7.10. The number of piperazine rings is 1. The molecule has 3 aliphatic rings. The van der Waals surface area contributed by atoms with Crippen molar-refractivity contribution in [2.24, 2.45) is 11.7 Å². The lowest BCUT2D eigenvalue weighted by atomic mass is 9.97. The minimum Gasteiger partial charge on any atom is -0.387 e. The van der Waals surface area contributed by atoms with E-state index in [0.29, 0.717) is 12.5 Å². The lowest BCUT2D eigenvalue weighted by Crippen LogP contribution is -2.55. The molecule has 0 bridgehead atoms. The molecule has 0 spiro atoms. The van der Waals surface area contributed by atoms with E-state index in [1.807, 2.05) is 0 Å². The molecule has 1 aliphatic heterocycles. The minimum absolute atomic E-state index is 0.417. The van der Waals surface area contributed by atoms with Crippen LogP contribution in [0.5, 0.6) is 0 Å². The number of β-amino-alcohol motifs (C(OH)–C–C–N with tert-alkyl or cyclic N) is 1. The van der Waals surface area contributed by atoms with Gasteiger partial charge in [0.25, 0.3) is 0 Å². The number of aliphatic hydroxyl groups is 1. The lowest BCUT2D eigenvalue weighted by Gasteiger charge is -2.39. The number of nitrogens with zero attached hydrogens (tertiary/aromatic N) is 2. The molecule has 0 amide bonds. The number of hydrogen-bond acceptors (Lipinski definition) is 4. The molecule has 1 heterocycles. The molecule has 0 aromatic rings. The van der Waals surface area contributed by atoms with Gasteiger partial charge >= 0.3 is 0 Å². The third-order valence-electron chi connectivity index (χ3n) is 4.66. The van der Waals surface area contributed by atoms with E-state index in [0.717, 1.165) is 38.5 Å². The van der Waals surface area contributed by atoms with Gasteiger partial charge in [-0.25, -0.2) is 0 Å². The second kappa shape index (κ2) is 4.50. The fraction of sp³-hybridized carbons (Fsp3) is 1.00. The molecule has 1 atom stereocenters. The van der Waals surface area contributed by atoms with Crippen molar-refractivity contribution in [3.05, 3.63) is 0 Å². The molecule has 98 valence electrons. The maximum atomic E-state index is 10.5. The molecule has 0 radical (unpaired) electrons. The first-order chi connectivity index (χ1) is 8.21. The third kappa shape index (κ3) is 2.65. The largest absolute Gasteiger partial charge is 0.387 e. The molecule has 2 saturated carbocycles. The molecule has 1 unspecified atom stereocenters. The van der Waals surface area contributed by atoms with Crippen LogP contribution in [0.2, 0.25) is 0 Å². The van der Waals surface area contributed by atoms with Crippen molar-refractivity contribution in [2.45, 2.75) is 37.3 Å². The Balaban J connectivity index is 1.48. The minimum atomic E-state index is -0.609. The van der Waals surface area contributed by atoms with E-state index in [4.69, 9.17) is 5.73 Å². The summed E-state index contributed by atoms with van der Waals surface area (Å²) in [5, 5.41) is 10.5. The first-order valence-electron chi connectivity index (χ1n) is 7.10. The van der Waals surface area contributed by atoms with Gasteiger partial charge in [0.2, 0.25) is 0 Å². The molecule has 17 heavy (non-hydrogen) atoms. The average Bonchev–Trinajstić information content (AvgIpc) is 3.20. The van der Waals surface area contributed by atoms with Gasteiger partial charge in [-0.2, -0.15) is 0 Å². The van der Waals surface area contributed by atoms with Gasteiger partial charge < -0.3 is 10.8 Å². The topological polar surface area (TPSA) is 52.7 Å². The third-order valence-corrected chi connectivity index (χ3v) is 4.66. The van der Waals surface area contributed by atoms with Crippen LogP contribution >= 0.6 is 0 Å². The Hall–Kier alpha value is -0.160. The van der Waals surface area contributed by atoms with Crippen LogP contribution in [-0.2, 0) is 0 Å². The smallest absolute Gasteiger partial charge is 0.0923 e. The highest BCUT2D eigenvalue weighted by atomic mass is 16.3. The molecule has 4 heteroatoms. The summed E-state index contributed by atoms with van der Waals surface area (Å²) in [6, 6.07) is 0.883. The zero-order valence-electron chi connectivity index (χ0n) is 10.6. The van der Waals surface area contributed by atoms with Gasteiger partial charge in [0, 0.05) is 45.3 Å². The van der Waals surface area contributed by atoms with Gasteiger partial charge in [0.15, 0.2) is 0 Å². The van der Waals surface area contributed by atoms with E-state index in [-0.39, 0.29) is 0 Å². The van der Waals surface area contributed by atoms with Crippen LogP contribution in [0, 0.1) is 5.92 Å². The molecule has 2 aliphatic carbocycles. The summed E-state index contributed by atoms with van der Waals surface area (Å²) in [6.07, 6.45) is 5.12. The maximum absolute atomic E-state index is 10.5. The lowest BCUT2D eigenvalue weighted by molar-refractivity contribution is -0.0204. The highest BCUT2D eigenvalue weighted by molar-refractivity contribution is 4.98. The Bertz CT molecular complexity index is 270. The number of nitrogens with two attached hydrogens (primary N) is 1. The highest BCUT2D eigenvalue weighted by Gasteiger charge is 2.44. The monoisotopic (exact) mass is 239 g/mol. The fourth-order valence-corrected chi connectivity index (χ4v) is 3.09. The molecular weight excluding hydrogens is 214 g/mol. The second-order valence-corrected chi connectivity index (χ2v) is 6.13. The van der Waals surface area contributed by atoms with E-state index in [1.165, 1.54) is 25.9 Å². The van der Waals surface area contributed by atoms with Gasteiger partial charge in [-0.1, -0.05) is 0 Å². The van der Waals surface area contributed by atoms with Crippen LogP contribution in [0.4, 0.5) is 0 Å². The van der Waals surface area contributed by atoms with Crippen molar-refractivity contribution < 1.29 is 5.11 Å². The summed E-state index contributed by atoms with van der Waals surface area (Å²) in [5.74, 6) is 0.467. The van der Waals surface area contributed by atoms with Crippen molar-refractivity contribution in [1.29, 1.82) is 0 Å². The van der Waals surface area contributed by atoms with Gasteiger partial charge in [0.1, 0.15) is 0 Å². The van der Waals surface area contributed by atoms with Crippen molar-refractivity contribution in [3.8, 4) is 0 Å². The number of hydrogen-bond donors (Lipinski definition) is 2. The summed E-state index contributed by atoms with van der Waals surface area (Å²) in [4.78, 5) is 5.01. The summed E-state index contributed by atoms with van der Waals surface area (Å²) in [5.41, 5.74) is 5.15. The molecule has 3 rings (SSSR count). The van der Waals surface area contributed by atoms with E-state index in [1.54, 1.807) is 0 Å².